The number of nitrogen functional groups attached to an aromatic ring is 1. The Bertz CT molecular complexity index is 1580. The second-order valence-corrected chi connectivity index (χ2v) is 8.71. The van der Waals surface area contributed by atoms with E-state index in [9.17, 15) is 5.11 Å². The molecule has 1 atom stereocenters. The van der Waals surface area contributed by atoms with Gasteiger partial charge in [-0.05, 0) is 48.1 Å². The van der Waals surface area contributed by atoms with Gasteiger partial charge in [-0.1, -0.05) is 11.8 Å². The number of nitrogens with one attached hydrogen (secondary N) is 1. The van der Waals surface area contributed by atoms with Crippen molar-refractivity contribution in [1.29, 1.82) is 5.41 Å². The molecule has 0 radical (unpaired) electrons. The molecule has 0 aliphatic carbocycles. The molecule has 0 spiro atoms. The van der Waals surface area contributed by atoms with Crippen molar-refractivity contribution in [3.63, 3.8) is 0 Å². The molecule has 0 aromatic carbocycles. The molecule has 13 heteroatoms. The van der Waals surface area contributed by atoms with Crippen molar-refractivity contribution >= 4 is 22.7 Å². The van der Waals surface area contributed by atoms with Gasteiger partial charge in [0.1, 0.15) is 23.4 Å². The number of nitrogens with zero attached hydrogens (tertiary/aromatic N) is 6. The second kappa shape index (κ2) is 11.0. The molecule has 4 rings (SSSR count). The topological polar surface area (TPSA) is 216 Å². The van der Waals surface area contributed by atoms with E-state index < -0.39 is 11.7 Å². The summed E-state index contributed by atoms with van der Waals surface area (Å²) in [5.41, 5.74) is 16.5. The monoisotopic (exact) mass is 515 g/mol. The fraction of sp³-hybridized carbons (Fsp3) is 0.280. The first-order valence-corrected chi connectivity index (χ1v) is 11.6. The van der Waals surface area contributed by atoms with Crippen molar-refractivity contribution in [3.8, 4) is 41.1 Å². The number of pyridine rings is 2. The zero-order chi connectivity index (χ0) is 27.3. The Kier molecular flexibility index (Phi) is 7.53. The number of hydrogen-bond donors (Lipinski definition) is 5. The van der Waals surface area contributed by atoms with Crippen LogP contribution in [0.5, 0.6) is 5.88 Å². The van der Waals surface area contributed by atoms with Gasteiger partial charge in [0.05, 0.1) is 5.52 Å². The molecular formula is C25H27N10O3+. The highest BCUT2D eigenvalue weighted by molar-refractivity contribution is 5.94. The second-order valence-electron chi connectivity index (χ2n) is 8.71. The van der Waals surface area contributed by atoms with Crippen LogP contribution in [0, 0.1) is 29.1 Å². The highest BCUT2D eigenvalue weighted by Gasteiger charge is 2.23. The van der Waals surface area contributed by atoms with Crippen molar-refractivity contribution in [2.45, 2.75) is 38.5 Å². The lowest BCUT2D eigenvalue weighted by Gasteiger charge is -2.16. The summed E-state index contributed by atoms with van der Waals surface area (Å²) in [5, 5.41) is 25.1. The minimum absolute atomic E-state index is 0.0553. The molecule has 13 nitrogen and oxygen atoms in total. The highest BCUT2D eigenvalue weighted by Crippen LogP contribution is 2.31. The zero-order valence-electron chi connectivity index (χ0n) is 20.9. The molecular weight excluding hydrogens is 488 g/mol. The summed E-state index contributed by atoms with van der Waals surface area (Å²) in [6.45, 7) is 3.91. The highest BCUT2D eigenvalue weighted by atomic mass is 16.6. The Morgan fingerprint density at radius 1 is 1.29 bits per heavy atom. The third-order valence-electron chi connectivity index (χ3n) is 5.21. The van der Waals surface area contributed by atoms with Crippen molar-refractivity contribution in [1.82, 2.24) is 29.8 Å². The van der Waals surface area contributed by atoms with Gasteiger partial charge in [0.15, 0.2) is 29.3 Å². The van der Waals surface area contributed by atoms with Crippen LogP contribution in [0.1, 0.15) is 37.6 Å². The molecule has 0 saturated heterocycles. The van der Waals surface area contributed by atoms with Crippen LogP contribution in [0.15, 0.2) is 35.2 Å². The van der Waals surface area contributed by atoms with Gasteiger partial charge in [-0.3, -0.25) is 10.4 Å². The maximum atomic E-state index is 10.2. The maximum Gasteiger partial charge on any atom is 0.217 e. The molecule has 0 bridgehead atoms. The fourth-order valence-electron chi connectivity index (χ4n) is 3.56. The molecule has 4 aromatic heterocycles. The van der Waals surface area contributed by atoms with Crippen LogP contribution in [-0.4, -0.2) is 52.9 Å². The predicted octanol–water partition coefficient (Wildman–Crippen LogP) is 0.272. The van der Waals surface area contributed by atoms with E-state index in [1.54, 1.807) is 32.3 Å². The standard InChI is InChI=1S/C25H26N10O3/c1-25(2,36)9-6-16-21-17(13-20(31-16)37-18(14-26)15-7-10-30-11-8-15)35(12-4-3-5-19(27)28)24(32-21)22-23(29)34-38-33-22/h7-8,10-11,13,18,36H,4,12,14,26H2,1-2H3,(H3,27,28)(H2,29,34)/p+1. The number of aryl methyl sites for hydroxylation is 1. The zero-order valence-corrected chi connectivity index (χ0v) is 20.9. The van der Waals surface area contributed by atoms with Gasteiger partial charge < -0.3 is 31.6 Å². The van der Waals surface area contributed by atoms with Crippen LogP contribution in [-0.2, 0) is 6.54 Å². The summed E-state index contributed by atoms with van der Waals surface area (Å²) < 4.78 is 12.9. The Morgan fingerprint density at radius 2 is 2.05 bits per heavy atom. The first-order chi connectivity index (χ1) is 18.2. The summed E-state index contributed by atoms with van der Waals surface area (Å²) in [6, 6.07) is 5.42. The van der Waals surface area contributed by atoms with E-state index in [0.717, 1.165) is 5.56 Å². The molecule has 9 N–H and O–H groups in total. The Balaban J connectivity index is 1.90. The Hall–Kier alpha value is -4.98. The number of nitrogens with two attached hydrogens (primary N) is 2. The average Bonchev–Trinajstić information content (AvgIpc) is 3.46. The predicted molar refractivity (Wildman–Crippen MR) is 138 cm³/mol. The smallest absolute Gasteiger partial charge is 0.217 e. The van der Waals surface area contributed by atoms with Crippen LogP contribution in [0.3, 0.4) is 0 Å². The van der Waals surface area contributed by atoms with E-state index in [1.807, 2.05) is 16.7 Å². The molecule has 194 valence electrons. The van der Waals surface area contributed by atoms with Crippen molar-refractivity contribution in [3.05, 3.63) is 41.9 Å². The number of imidazole rings is 1. The molecule has 0 aliphatic heterocycles. The van der Waals surface area contributed by atoms with Gasteiger partial charge in [0.2, 0.25) is 5.88 Å². The summed E-state index contributed by atoms with van der Waals surface area (Å²) in [4.78, 5) is 13.4. The van der Waals surface area contributed by atoms with Crippen molar-refractivity contribution in [2.24, 2.45) is 5.73 Å². The van der Waals surface area contributed by atoms with Crippen LogP contribution in [0.4, 0.5) is 5.82 Å². The van der Waals surface area contributed by atoms with Crippen molar-refractivity contribution < 1.29 is 20.2 Å². The molecule has 0 amide bonds. The first-order valence-electron chi connectivity index (χ1n) is 11.6. The molecule has 1 unspecified atom stereocenters. The van der Waals surface area contributed by atoms with Gasteiger partial charge in [-0.15, -0.1) is 0 Å². The molecule has 0 fully saturated rings. The third-order valence-corrected chi connectivity index (χ3v) is 5.21. The molecule has 0 aliphatic rings. The number of rotatable bonds is 7. The van der Waals surface area contributed by atoms with Gasteiger partial charge in [0, 0.05) is 37.0 Å². The third kappa shape index (κ3) is 6.04. The Morgan fingerprint density at radius 3 is 2.68 bits per heavy atom. The van der Waals surface area contributed by atoms with Crippen LogP contribution in [0.25, 0.3) is 22.6 Å². The number of aliphatic hydroxyl groups is 1. The van der Waals surface area contributed by atoms with Crippen molar-refractivity contribution in [2.75, 3.05) is 12.3 Å². The molecule has 4 aromatic rings. The van der Waals surface area contributed by atoms with Crippen LogP contribution < -0.4 is 21.9 Å². The van der Waals surface area contributed by atoms with Gasteiger partial charge >= 0.3 is 0 Å². The number of quaternary nitrogens is 1. The minimum Gasteiger partial charge on any atom is -0.463 e. The summed E-state index contributed by atoms with van der Waals surface area (Å²) in [7, 11) is 0. The molecule has 38 heavy (non-hydrogen) atoms. The average molecular weight is 516 g/mol. The number of aromatic nitrogens is 6. The van der Waals surface area contributed by atoms with E-state index in [0.29, 0.717) is 36.4 Å². The fourth-order valence-corrected chi connectivity index (χ4v) is 3.56. The normalized spacial score (nSPS) is 11.8. The first kappa shape index (κ1) is 26.1. The molecule has 0 saturated carbocycles. The maximum absolute atomic E-state index is 10.2. The minimum atomic E-state index is -1.27. The van der Waals surface area contributed by atoms with Gasteiger partial charge in [-0.25, -0.2) is 14.6 Å². The summed E-state index contributed by atoms with van der Waals surface area (Å²) in [6.07, 6.45) is 3.30. The van der Waals surface area contributed by atoms with Crippen LogP contribution in [0.2, 0.25) is 0 Å². The SMILES string of the molecule is CC(C)(O)C#Cc1nc(OC(C[NH3+])c2ccncc2)cc2c1nc(-c1nonc1N)n2CCC#CC(=N)N. The van der Waals surface area contributed by atoms with E-state index in [2.05, 4.69) is 49.7 Å². The van der Waals surface area contributed by atoms with E-state index >= 15 is 0 Å². The largest absolute Gasteiger partial charge is 0.463 e. The Labute approximate surface area is 217 Å². The van der Waals surface area contributed by atoms with E-state index in [4.69, 9.17) is 31.2 Å². The number of ether oxygens (including phenoxy) is 1. The van der Waals surface area contributed by atoms with E-state index in [-0.39, 0.29) is 28.9 Å². The summed E-state index contributed by atoms with van der Waals surface area (Å²) in [5.74, 6) is 11.6. The quantitative estimate of drug-likeness (QED) is 0.129. The molecule has 4 heterocycles. The lowest BCUT2D eigenvalue weighted by Crippen LogP contribution is -2.54. The number of hydrogen-bond acceptors (Lipinski definition) is 10. The lowest BCUT2D eigenvalue weighted by molar-refractivity contribution is -0.383. The lowest BCUT2D eigenvalue weighted by atomic mass is 10.1. The number of fused-ring (bicyclic) bond motifs is 1. The van der Waals surface area contributed by atoms with Crippen LogP contribution >= 0.6 is 0 Å². The van der Waals surface area contributed by atoms with E-state index in [1.165, 1.54) is 0 Å². The van der Waals surface area contributed by atoms with Gasteiger partial charge in [-0.2, -0.15) is 0 Å². The number of amidine groups is 1. The number of anilines is 1. The summed E-state index contributed by atoms with van der Waals surface area (Å²) >= 11 is 0. The van der Waals surface area contributed by atoms with Gasteiger partial charge in [0.25, 0.3) is 0 Å².